The van der Waals surface area contributed by atoms with Gasteiger partial charge in [0.05, 0.1) is 17.1 Å². The van der Waals surface area contributed by atoms with Crippen LogP contribution in [0.25, 0.3) is 22.0 Å². The molecule has 0 bridgehead atoms. The smallest absolute Gasteiger partial charge is 0.268 e. The zero-order valence-electron chi connectivity index (χ0n) is 14.0. The van der Waals surface area contributed by atoms with E-state index in [2.05, 4.69) is 11.4 Å². The average Bonchev–Trinajstić information content (AvgIpc) is 2.90. The molecule has 0 saturated carbocycles. The summed E-state index contributed by atoms with van der Waals surface area (Å²) in [6.07, 6.45) is 0. The molecule has 1 aliphatic rings. The van der Waals surface area contributed by atoms with Gasteiger partial charge in [0.2, 0.25) is 0 Å². The molecule has 0 radical (unpaired) electrons. The number of nitrogens with zero attached hydrogens (tertiary/aromatic N) is 2. The summed E-state index contributed by atoms with van der Waals surface area (Å²) in [6.45, 7) is 4.81. The summed E-state index contributed by atoms with van der Waals surface area (Å²) in [7, 11) is 0. The van der Waals surface area contributed by atoms with Crippen LogP contribution in [0.4, 0.5) is 4.39 Å². The summed E-state index contributed by atoms with van der Waals surface area (Å²) >= 11 is 0. The molecule has 0 aliphatic carbocycles. The van der Waals surface area contributed by atoms with Gasteiger partial charge in [0, 0.05) is 24.0 Å². The SMILES string of the molecule is Cc1ccc(-c2cc(C#N)cc3c(C)c4n(c23)CCNC4=O)cc1F. The number of nitrogens with one attached hydrogen (secondary N) is 1. The fraction of sp³-hybridized carbons (Fsp3) is 0.200. The van der Waals surface area contributed by atoms with E-state index in [9.17, 15) is 14.4 Å². The third-order valence-corrected chi connectivity index (χ3v) is 4.86. The van der Waals surface area contributed by atoms with Crippen LogP contribution in [0.5, 0.6) is 0 Å². The van der Waals surface area contributed by atoms with Gasteiger partial charge in [0.25, 0.3) is 5.91 Å². The Morgan fingerprint density at radius 2 is 2.04 bits per heavy atom. The third-order valence-electron chi connectivity index (χ3n) is 4.86. The maximum absolute atomic E-state index is 14.1. The fourth-order valence-electron chi connectivity index (χ4n) is 3.58. The Morgan fingerprint density at radius 3 is 2.76 bits per heavy atom. The third kappa shape index (κ3) is 2.22. The normalized spacial score (nSPS) is 13.4. The summed E-state index contributed by atoms with van der Waals surface area (Å²) < 4.78 is 16.1. The maximum atomic E-state index is 14.1. The molecule has 0 unspecified atom stereocenters. The van der Waals surface area contributed by atoms with E-state index in [0.29, 0.717) is 35.5 Å². The lowest BCUT2D eigenvalue weighted by Gasteiger charge is -2.18. The van der Waals surface area contributed by atoms with Gasteiger partial charge in [-0.2, -0.15) is 5.26 Å². The molecule has 2 heterocycles. The molecule has 1 N–H and O–H groups in total. The minimum atomic E-state index is -0.284. The molecule has 1 aliphatic heterocycles. The van der Waals surface area contributed by atoms with Crippen LogP contribution in [0, 0.1) is 31.0 Å². The summed E-state index contributed by atoms with van der Waals surface area (Å²) in [6, 6.07) is 10.8. The number of fused-ring (bicyclic) bond motifs is 3. The van der Waals surface area contributed by atoms with Crippen molar-refractivity contribution in [1.82, 2.24) is 9.88 Å². The van der Waals surface area contributed by atoms with Crippen LogP contribution in [-0.2, 0) is 6.54 Å². The Bertz CT molecular complexity index is 1090. The number of aryl methyl sites for hydroxylation is 2. The van der Waals surface area contributed by atoms with E-state index in [4.69, 9.17) is 0 Å². The van der Waals surface area contributed by atoms with Gasteiger partial charge in [-0.1, -0.05) is 12.1 Å². The van der Waals surface area contributed by atoms with Crippen molar-refractivity contribution >= 4 is 16.8 Å². The van der Waals surface area contributed by atoms with Crippen LogP contribution in [0.1, 0.15) is 27.2 Å². The number of carbonyl (C=O) groups is 1. The highest BCUT2D eigenvalue weighted by atomic mass is 19.1. The first kappa shape index (κ1) is 15.4. The number of rotatable bonds is 1. The monoisotopic (exact) mass is 333 g/mol. The first-order chi connectivity index (χ1) is 12.0. The molecule has 5 heteroatoms. The predicted octanol–water partition coefficient (Wildman–Crippen LogP) is 3.68. The first-order valence-electron chi connectivity index (χ1n) is 8.13. The number of amides is 1. The number of carbonyl (C=O) groups excluding carboxylic acids is 1. The molecule has 25 heavy (non-hydrogen) atoms. The molecule has 1 amide bonds. The number of halogens is 1. The molecule has 1 aromatic heterocycles. The van der Waals surface area contributed by atoms with Crippen molar-refractivity contribution in [3.63, 3.8) is 0 Å². The van der Waals surface area contributed by atoms with Gasteiger partial charge in [0.15, 0.2) is 0 Å². The van der Waals surface area contributed by atoms with Crippen LogP contribution in [0.3, 0.4) is 0 Å². The number of nitriles is 1. The maximum Gasteiger partial charge on any atom is 0.268 e. The van der Waals surface area contributed by atoms with E-state index >= 15 is 0 Å². The number of aromatic nitrogens is 1. The lowest BCUT2D eigenvalue weighted by Crippen LogP contribution is -2.35. The Kier molecular flexibility index (Phi) is 3.36. The lowest BCUT2D eigenvalue weighted by molar-refractivity contribution is 0.0928. The largest absolute Gasteiger partial charge is 0.349 e. The van der Waals surface area contributed by atoms with Crippen molar-refractivity contribution < 1.29 is 9.18 Å². The van der Waals surface area contributed by atoms with Crippen LogP contribution in [-0.4, -0.2) is 17.0 Å². The Morgan fingerprint density at radius 1 is 1.24 bits per heavy atom. The number of hydrogen-bond donors (Lipinski definition) is 1. The highest BCUT2D eigenvalue weighted by Crippen LogP contribution is 2.36. The Hall–Kier alpha value is -3.13. The molecule has 3 aromatic rings. The van der Waals surface area contributed by atoms with E-state index < -0.39 is 0 Å². The van der Waals surface area contributed by atoms with Gasteiger partial charge >= 0.3 is 0 Å². The Labute approximate surface area is 144 Å². The topological polar surface area (TPSA) is 57.8 Å². The molecule has 0 atom stereocenters. The van der Waals surface area contributed by atoms with E-state index in [1.165, 1.54) is 6.07 Å². The highest BCUT2D eigenvalue weighted by molar-refractivity contribution is 6.06. The van der Waals surface area contributed by atoms with Gasteiger partial charge in [-0.15, -0.1) is 0 Å². The molecule has 0 spiro atoms. The van der Waals surface area contributed by atoms with Gasteiger partial charge in [-0.3, -0.25) is 4.79 Å². The lowest BCUT2D eigenvalue weighted by atomic mass is 9.98. The van der Waals surface area contributed by atoms with Crippen molar-refractivity contribution in [2.75, 3.05) is 6.54 Å². The molecule has 4 rings (SSSR count). The minimum Gasteiger partial charge on any atom is -0.349 e. The summed E-state index contributed by atoms with van der Waals surface area (Å²) in [5, 5.41) is 13.1. The molecule has 124 valence electrons. The number of hydrogen-bond acceptors (Lipinski definition) is 2. The number of benzene rings is 2. The fourth-order valence-corrected chi connectivity index (χ4v) is 3.58. The van der Waals surface area contributed by atoms with Crippen molar-refractivity contribution in [3.8, 4) is 17.2 Å². The second kappa shape index (κ2) is 5.45. The van der Waals surface area contributed by atoms with Gasteiger partial charge < -0.3 is 9.88 Å². The van der Waals surface area contributed by atoms with Gasteiger partial charge in [-0.05, 0) is 48.7 Å². The van der Waals surface area contributed by atoms with Gasteiger partial charge in [-0.25, -0.2) is 4.39 Å². The van der Waals surface area contributed by atoms with Crippen molar-refractivity contribution in [3.05, 3.63) is 58.5 Å². The molecule has 0 saturated heterocycles. The van der Waals surface area contributed by atoms with Crippen LogP contribution >= 0.6 is 0 Å². The molecular formula is C20H16FN3O. The van der Waals surface area contributed by atoms with Crippen LogP contribution in [0.2, 0.25) is 0 Å². The first-order valence-corrected chi connectivity index (χ1v) is 8.13. The standard InChI is InChI=1S/C20H16FN3O/c1-11-3-4-14(9-17(11)21)16-8-13(10-22)7-15-12(2)18-20(25)23-5-6-24(18)19(15)16/h3-4,7-9H,5-6H2,1-2H3,(H,23,25). The minimum absolute atomic E-state index is 0.112. The molecule has 4 nitrogen and oxygen atoms in total. The Balaban J connectivity index is 2.13. The van der Waals surface area contributed by atoms with E-state index in [1.807, 2.05) is 17.6 Å². The second-order valence-electron chi connectivity index (χ2n) is 6.38. The highest BCUT2D eigenvalue weighted by Gasteiger charge is 2.25. The summed E-state index contributed by atoms with van der Waals surface area (Å²) in [4.78, 5) is 12.3. The average molecular weight is 333 g/mol. The van der Waals surface area contributed by atoms with Crippen LogP contribution < -0.4 is 5.32 Å². The van der Waals surface area contributed by atoms with E-state index in [0.717, 1.165) is 22.0 Å². The quantitative estimate of drug-likeness (QED) is 0.738. The summed E-state index contributed by atoms with van der Waals surface area (Å²) in [5.74, 6) is -0.396. The second-order valence-corrected chi connectivity index (χ2v) is 6.38. The van der Waals surface area contributed by atoms with E-state index in [1.54, 1.807) is 25.1 Å². The van der Waals surface area contributed by atoms with Crippen molar-refractivity contribution in [2.24, 2.45) is 0 Å². The predicted molar refractivity (Wildman–Crippen MR) is 93.9 cm³/mol. The van der Waals surface area contributed by atoms with Crippen molar-refractivity contribution in [2.45, 2.75) is 20.4 Å². The molecule has 2 aromatic carbocycles. The molecular weight excluding hydrogens is 317 g/mol. The van der Waals surface area contributed by atoms with Crippen molar-refractivity contribution in [1.29, 1.82) is 5.26 Å². The summed E-state index contributed by atoms with van der Waals surface area (Å²) in [5.41, 5.74) is 4.89. The zero-order valence-corrected chi connectivity index (χ0v) is 14.0. The van der Waals surface area contributed by atoms with E-state index in [-0.39, 0.29) is 11.7 Å². The zero-order chi connectivity index (χ0) is 17.7. The van der Waals surface area contributed by atoms with Crippen LogP contribution in [0.15, 0.2) is 30.3 Å². The van der Waals surface area contributed by atoms with Gasteiger partial charge in [0.1, 0.15) is 11.5 Å². The molecule has 0 fully saturated rings.